The number of para-hydroxylation sites is 2. The molecule has 1 fully saturated rings. The van der Waals surface area contributed by atoms with Crippen LogP contribution in [0.5, 0.6) is 5.75 Å². The van der Waals surface area contributed by atoms with Crippen molar-refractivity contribution in [2.45, 2.75) is 0 Å². The van der Waals surface area contributed by atoms with Crippen molar-refractivity contribution in [2.75, 3.05) is 5.01 Å². The number of carbonyl (C=O) groups excluding carboxylic acids is 2. The number of phenols is 1. The zero-order chi connectivity index (χ0) is 14.8. The summed E-state index contributed by atoms with van der Waals surface area (Å²) in [5.74, 6) is -0.926. The van der Waals surface area contributed by atoms with E-state index >= 15 is 0 Å². The summed E-state index contributed by atoms with van der Waals surface area (Å²) >= 11 is 0. The van der Waals surface area contributed by atoms with Crippen molar-refractivity contribution in [3.8, 4) is 5.75 Å². The van der Waals surface area contributed by atoms with E-state index in [2.05, 4.69) is 5.43 Å². The molecular formula is C16H12N2O3. The number of rotatable bonds is 2. The molecule has 0 bridgehead atoms. The third-order valence-corrected chi connectivity index (χ3v) is 3.14. The Labute approximate surface area is 121 Å². The first kappa shape index (κ1) is 12.9. The van der Waals surface area contributed by atoms with Crippen LogP contribution in [0.1, 0.15) is 5.56 Å². The molecule has 0 saturated carbocycles. The van der Waals surface area contributed by atoms with Gasteiger partial charge in [-0.1, -0.05) is 36.4 Å². The summed E-state index contributed by atoms with van der Waals surface area (Å²) in [5.41, 5.74) is 3.49. The van der Waals surface area contributed by atoms with E-state index < -0.39 is 11.8 Å². The fourth-order valence-electron chi connectivity index (χ4n) is 2.08. The third kappa shape index (κ3) is 2.36. The van der Waals surface area contributed by atoms with Crippen molar-refractivity contribution in [1.82, 2.24) is 5.43 Å². The average Bonchev–Trinajstić information content (AvgIpc) is 2.78. The van der Waals surface area contributed by atoms with Gasteiger partial charge in [-0.3, -0.25) is 15.0 Å². The van der Waals surface area contributed by atoms with Crippen LogP contribution in [0.4, 0.5) is 5.69 Å². The molecule has 0 unspecified atom stereocenters. The van der Waals surface area contributed by atoms with Crippen LogP contribution in [0.25, 0.3) is 6.08 Å². The lowest BCUT2D eigenvalue weighted by molar-refractivity contribution is -0.117. The minimum atomic E-state index is -0.493. The minimum absolute atomic E-state index is 0.0136. The van der Waals surface area contributed by atoms with Crippen molar-refractivity contribution in [1.29, 1.82) is 0 Å². The molecule has 0 spiro atoms. The quantitative estimate of drug-likeness (QED) is 0.651. The number of nitrogens with zero attached hydrogens (tertiary/aromatic N) is 1. The second kappa shape index (κ2) is 5.13. The summed E-state index contributed by atoms with van der Waals surface area (Å²) in [6.45, 7) is 0. The van der Waals surface area contributed by atoms with Gasteiger partial charge >= 0.3 is 0 Å². The van der Waals surface area contributed by atoms with Crippen LogP contribution >= 0.6 is 0 Å². The Kier molecular flexibility index (Phi) is 3.16. The second-order valence-electron chi connectivity index (χ2n) is 4.53. The van der Waals surface area contributed by atoms with Gasteiger partial charge in [-0.05, 0) is 24.3 Å². The van der Waals surface area contributed by atoms with E-state index in [-0.39, 0.29) is 11.3 Å². The summed E-state index contributed by atoms with van der Waals surface area (Å²) in [7, 11) is 0. The molecule has 2 N–H and O–H groups in total. The standard InChI is InChI=1S/C16H12N2O3/c19-14-9-5-4-6-11(14)10-13-15(20)17-18(16(13)21)12-7-2-1-3-8-12/h1-10,19H,(H,17,20)/b13-10+. The molecule has 0 radical (unpaired) electrons. The van der Waals surface area contributed by atoms with Gasteiger partial charge in [0.15, 0.2) is 0 Å². The van der Waals surface area contributed by atoms with E-state index in [0.717, 1.165) is 0 Å². The Bertz CT molecular complexity index is 738. The van der Waals surface area contributed by atoms with E-state index in [4.69, 9.17) is 0 Å². The first-order valence-corrected chi connectivity index (χ1v) is 6.37. The van der Waals surface area contributed by atoms with Crippen LogP contribution in [-0.4, -0.2) is 16.9 Å². The number of phenolic OH excluding ortho intramolecular Hbond substituents is 1. The maximum absolute atomic E-state index is 12.3. The second-order valence-corrected chi connectivity index (χ2v) is 4.53. The van der Waals surface area contributed by atoms with Gasteiger partial charge in [0.25, 0.3) is 11.8 Å². The summed E-state index contributed by atoms with van der Waals surface area (Å²) in [6.07, 6.45) is 1.38. The Morgan fingerprint density at radius 2 is 1.62 bits per heavy atom. The lowest BCUT2D eigenvalue weighted by Crippen LogP contribution is -2.35. The monoisotopic (exact) mass is 280 g/mol. The van der Waals surface area contributed by atoms with Gasteiger partial charge < -0.3 is 5.11 Å². The normalized spacial score (nSPS) is 16.4. The lowest BCUT2D eigenvalue weighted by Gasteiger charge is -2.13. The summed E-state index contributed by atoms with van der Waals surface area (Å²) < 4.78 is 0. The van der Waals surface area contributed by atoms with Crippen LogP contribution in [0, 0.1) is 0 Å². The summed E-state index contributed by atoms with van der Waals surface area (Å²) in [4.78, 5) is 24.3. The van der Waals surface area contributed by atoms with Gasteiger partial charge in [0, 0.05) is 5.56 Å². The van der Waals surface area contributed by atoms with E-state index in [9.17, 15) is 14.7 Å². The fraction of sp³-hybridized carbons (Fsp3) is 0. The molecule has 1 aliphatic heterocycles. The number of hydrazine groups is 1. The minimum Gasteiger partial charge on any atom is -0.507 e. The van der Waals surface area contributed by atoms with Crippen molar-refractivity contribution in [3.63, 3.8) is 0 Å². The molecule has 0 aliphatic carbocycles. The highest BCUT2D eigenvalue weighted by Gasteiger charge is 2.34. The highest BCUT2D eigenvalue weighted by Crippen LogP contribution is 2.24. The van der Waals surface area contributed by atoms with E-state index in [1.54, 1.807) is 42.5 Å². The molecule has 5 nitrogen and oxygen atoms in total. The number of amides is 2. The maximum Gasteiger partial charge on any atom is 0.282 e. The molecule has 104 valence electrons. The highest BCUT2D eigenvalue weighted by molar-refractivity contribution is 6.31. The van der Waals surface area contributed by atoms with Crippen LogP contribution < -0.4 is 10.4 Å². The Morgan fingerprint density at radius 1 is 0.952 bits per heavy atom. The van der Waals surface area contributed by atoms with Crippen LogP contribution in [0.3, 0.4) is 0 Å². The van der Waals surface area contributed by atoms with Gasteiger partial charge in [0.05, 0.1) is 5.69 Å². The van der Waals surface area contributed by atoms with Gasteiger partial charge in [0.1, 0.15) is 11.3 Å². The molecule has 2 aromatic rings. The molecule has 0 atom stereocenters. The Balaban J connectivity index is 1.97. The van der Waals surface area contributed by atoms with Gasteiger partial charge in [-0.25, -0.2) is 5.01 Å². The highest BCUT2D eigenvalue weighted by atomic mass is 16.3. The van der Waals surface area contributed by atoms with E-state index in [1.807, 2.05) is 6.07 Å². The molecule has 5 heteroatoms. The van der Waals surface area contributed by atoms with Gasteiger partial charge in [-0.2, -0.15) is 0 Å². The third-order valence-electron chi connectivity index (χ3n) is 3.14. The number of hydrogen-bond donors (Lipinski definition) is 2. The van der Waals surface area contributed by atoms with Crippen LogP contribution in [0.2, 0.25) is 0 Å². The zero-order valence-corrected chi connectivity index (χ0v) is 11.0. The maximum atomic E-state index is 12.3. The summed E-state index contributed by atoms with van der Waals surface area (Å²) in [5, 5.41) is 10.9. The predicted octanol–water partition coefficient (Wildman–Crippen LogP) is 1.85. The van der Waals surface area contributed by atoms with Crippen molar-refractivity contribution in [3.05, 3.63) is 65.7 Å². The topological polar surface area (TPSA) is 69.6 Å². The number of benzene rings is 2. The first-order chi connectivity index (χ1) is 10.2. The molecule has 1 heterocycles. The molecule has 2 aromatic carbocycles. The first-order valence-electron chi connectivity index (χ1n) is 6.37. The zero-order valence-electron chi connectivity index (χ0n) is 11.0. The molecule has 1 saturated heterocycles. The van der Waals surface area contributed by atoms with Crippen molar-refractivity contribution in [2.24, 2.45) is 0 Å². The largest absolute Gasteiger partial charge is 0.507 e. The van der Waals surface area contributed by atoms with Crippen molar-refractivity contribution < 1.29 is 14.7 Å². The van der Waals surface area contributed by atoms with Gasteiger partial charge in [0.2, 0.25) is 0 Å². The van der Waals surface area contributed by atoms with E-state index in [1.165, 1.54) is 17.2 Å². The number of hydrogen-bond acceptors (Lipinski definition) is 3. The molecule has 1 aliphatic rings. The van der Waals surface area contributed by atoms with Gasteiger partial charge in [-0.15, -0.1) is 0 Å². The number of anilines is 1. The lowest BCUT2D eigenvalue weighted by atomic mass is 10.1. The SMILES string of the molecule is O=C1NN(c2ccccc2)C(=O)/C1=C/c1ccccc1O. The predicted molar refractivity (Wildman–Crippen MR) is 78.2 cm³/mol. The number of nitrogens with one attached hydrogen (secondary N) is 1. The fourth-order valence-corrected chi connectivity index (χ4v) is 2.08. The number of aromatic hydroxyl groups is 1. The molecule has 21 heavy (non-hydrogen) atoms. The average molecular weight is 280 g/mol. The molecular weight excluding hydrogens is 268 g/mol. The van der Waals surface area contributed by atoms with E-state index in [0.29, 0.717) is 11.3 Å². The Morgan fingerprint density at radius 3 is 2.33 bits per heavy atom. The molecule has 3 rings (SSSR count). The molecule has 0 aromatic heterocycles. The molecule has 2 amide bonds. The Hall–Kier alpha value is -3.08. The summed E-state index contributed by atoms with van der Waals surface area (Å²) in [6, 6.07) is 15.3. The number of carbonyl (C=O) groups is 2. The van der Waals surface area contributed by atoms with Crippen LogP contribution in [-0.2, 0) is 9.59 Å². The van der Waals surface area contributed by atoms with Crippen LogP contribution in [0.15, 0.2) is 60.2 Å². The smallest absolute Gasteiger partial charge is 0.282 e. The van der Waals surface area contributed by atoms with Crippen molar-refractivity contribution >= 4 is 23.6 Å².